The van der Waals surface area contributed by atoms with Crippen molar-refractivity contribution in [3.63, 3.8) is 0 Å². The van der Waals surface area contributed by atoms with E-state index >= 15 is 0 Å². The second kappa shape index (κ2) is 7.96. The summed E-state index contributed by atoms with van der Waals surface area (Å²) in [5, 5.41) is 8.48. The average molecular weight is 431 g/mol. The number of nitrogens with zero attached hydrogens (tertiary/aromatic N) is 4. The molecule has 0 saturated heterocycles. The third-order valence-corrected chi connectivity index (χ3v) is 5.78. The number of aromatic nitrogens is 3. The predicted molar refractivity (Wildman–Crippen MR) is 119 cm³/mol. The Hall–Kier alpha value is -3.94. The van der Waals surface area contributed by atoms with Crippen LogP contribution in [-0.4, -0.2) is 32.7 Å². The van der Waals surface area contributed by atoms with E-state index in [-0.39, 0.29) is 37.1 Å². The molecule has 1 aliphatic heterocycles. The van der Waals surface area contributed by atoms with Crippen molar-refractivity contribution >= 4 is 28.5 Å². The van der Waals surface area contributed by atoms with E-state index in [9.17, 15) is 14.0 Å². The molecule has 1 N–H and O–H groups in total. The number of fused-ring (bicyclic) bond motifs is 2. The van der Waals surface area contributed by atoms with Gasteiger partial charge in [0.1, 0.15) is 18.2 Å². The zero-order valence-electron chi connectivity index (χ0n) is 17.6. The number of para-hydroxylation sites is 1. The Morgan fingerprint density at radius 1 is 1.16 bits per heavy atom. The first-order valence-electron chi connectivity index (χ1n) is 10.4. The number of aryl methyl sites for hydroxylation is 2. The average Bonchev–Trinajstić information content (AvgIpc) is 3.37. The number of benzene rings is 2. The number of anilines is 1. The van der Waals surface area contributed by atoms with E-state index in [2.05, 4.69) is 5.32 Å². The molecule has 1 aliphatic rings. The molecule has 0 radical (unpaired) electrons. The minimum Gasteiger partial charge on any atom is -0.350 e. The fourth-order valence-corrected chi connectivity index (χ4v) is 4.13. The van der Waals surface area contributed by atoms with Crippen molar-refractivity contribution in [2.75, 3.05) is 11.4 Å². The van der Waals surface area contributed by atoms with E-state index in [0.717, 1.165) is 22.2 Å². The van der Waals surface area contributed by atoms with Gasteiger partial charge in [-0.2, -0.15) is 5.10 Å². The predicted octanol–water partition coefficient (Wildman–Crippen LogP) is 3.23. The minimum absolute atomic E-state index is 0.0635. The van der Waals surface area contributed by atoms with Crippen LogP contribution in [0.3, 0.4) is 0 Å². The molecule has 4 aromatic rings. The summed E-state index contributed by atoms with van der Waals surface area (Å²) >= 11 is 0. The van der Waals surface area contributed by atoms with Crippen LogP contribution in [0.2, 0.25) is 0 Å². The minimum atomic E-state index is -0.375. The summed E-state index contributed by atoms with van der Waals surface area (Å²) in [6.07, 6.45) is 2.29. The molecule has 8 heteroatoms. The molecule has 0 fully saturated rings. The highest BCUT2D eigenvalue weighted by Crippen LogP contribution is 2.33. The van der Waals surface area contributed by atoms with Gasteiger partial charge in [-0.15, -0.1) is 0 Å². The van der Waals surface area contributed by atoms with E-state index in [1.807, 2.05) is 48.1 Å². The van der Waals surface area contributed by atoms with Gasteiger partial charge in [0.05, 0.1) is 12.2 Å². The van der Waals surface area contributed by atoms with Crippen molar-refractivity contribution in [1.82, 2.24) is 19.7 Å². The quantitative estimate of drug-likeness (QED) is 0.527. The Bertz CT molecular complexity index is 1340. The molecule has 2 aromatic carbocycles. The molecule has 0 bridgehead atoms. The van der Waals surface area contributed by atoms with Gasteiger partial charge in [-0.05, 0) is 12.1 Å². The van der Waals surface area contributed by atoms with Crippen molar-refractivity contribution in [2.45, 2.75) is 19.5 Å². The Morgan fingerprint density at radius 3 is 2.78 bits per heavy atom. The first-order valence-corrected chi connectivity index (χ1v) is 10.4. The van der Waals surface area contributed by atoms with E-state index in [1.54, 1.807) is 22.9 Å². The number of halogens is 1. The van der Waals surface area contributed by atoms with Gasteiger partial charge in [0.15, 0.2) is 0 Å². The summed E-state index contributed by atoms with van der Waals surface area (Å²) in [6.45, 7) is 0.383. The lowest BCUT2D eigenvalue weighted by Gasteiger charge is -2.26. The van der Waals surface area contributed by atoms with Crippen LogP contribution in [0.5, 0.6) is 0 Å². The lowest BCUT2D eigenvalue weighted by atomic mass is 10.1. The summed E-state index contributed by atoms with van der Waals surface area (Å²) in [5.74, 6) is -0.282. The smallest absolute Gasteiger partial charge is 0.240 e. The molecule has 0 spiro atoms. The lowest BCUT2D eigenvalue weighted by molar-refractivity contribution is -0.124. The summed E-state index contributed by atoms with van der Waals surface area (Å²) in [6, 6.07) is 16.2. The van der Waals surface area contributed by atoms with Crippen molar-refractivity contribution in [3.05, 3.63) is 72.2 Å². The van der Waals surface area contributed by atoms with Crippen LogP contribution in [0, 0.1) is 5.82 Å². The van der Waals surface area contributed by atoms with Crippen LogP contribution in [-0.2, 0) is 29.7 Å². The summed E-state index contributed by atoms with van der Waals surface area (Å²) in [5.41, 5.74) is 3.22. The monoisotopic (exact) mass is 431 g/mol. The Labute approximate surface area is 184 Å². The molecule has 5 rings (SSSR count). The number of carbonyl (C=O) groups excluding carboxylic acids is 2. The molecule has 2 amide bonds. The molecular weight excluding hydrogens is 409 g/mol. The Balaban J connectivity index is 1.39. The third kappa shape index (κ3) is 3.53. The van der Waals surface area contributed by atoms with Crippen LogP contribution < -0.4 is 10.2 Å². The van der Waals surface area contributed by atoms with Gasteiger partial charge in [-0.25, -0.2) is 9.07 Å². The molecule has 162 valence electrons. The van der Waals surface area contributed by atoms with Crippen LogP contribution in [0.4, 0.5) is 10.2 Å². The fourth-order valence-electron chi connectivity index (χ4n) is 4.13. The molecule has 32 heavy (non-hydrogen) atoms. The fraction of sp³-hybridized carbons (Fsp3) is 0.208. The van der Waals surface area contributed by atoms with Gasteiger partial charge in [0, 0.05) is 54.3 Å². The Morgan fingerprint density at radius 2 is 1.94 bits per heavy atom. The molecule has 7 nitrogen and oxygen atoms in total. The third-order valence-electron chi connectivity index (χ3n) is 5.78. The first kappa shape index (κ1) is 20.0. The number of carbonyl (C=O) groups is 2. The summed E-state index contributed by atoms with van der Waals surface area (Å²) in [7, 11) is 1.98. The summed E-state index contributed by atoms with van der Waals surface area (Å²) < 4.78 is 17.6. The van der Waals surface area contributed by atoms with Gasteiger partial charge in [0.2, 0.25) is 11.8 Å². The van der Waals surface area contributed by atoms with Gasteiger partial charge in [0.25, 0.3) is 0 Å². The number of nitrogens with one attached hydrogen (secondary N) is 1. The second-order valence-corrected chi connectivity index (χ2v) is 7.88. The van der Waals surface area contributed by atoms with Crippen LogP contribution in [0.25, 0.3) is 22.2 Å². The molecule has 0 atom stereocenters. The Kier molecular flexibility index (Phi) is 4.97. The van der Waals surface area contributed by atoms with E-state index in [4.69, 9.17) is 5.10 Å². The molecule has 3 heterocycles. The normalized spacial score (nSPS) is 13.4. The largest absolute Gasteiger partial charge is 0.350 e. The van der Waals surface area contributed by atoms with Gasteiger partial charge in [-0.3, -0.25) is 14.5 Å². The maximum absolute atomic E-state index is 13.8. The first-order chi connectivity index (χ1) is 15.5. The molecular formula is C24H22FN5O2. The van der Waals surface area contributed by atoms with Crippen LogP contribution in [0.1, 0.15) is 12.0 Å². The highest BCUT2D eigenvalue weighted by Gasteiger charge is 2.28. The maximum Gasteiger partial charge on any atom is 0.240 e. The second-order valence-electron chi connectivity index (χ2n) is 7.88. The van der Waals surface area contributed by atoms with Gasteiger partial charge < -0.3 is 9.88 Å². The topological polar surface area (TPSA) is 72.2 Å². The van der Waals surface area contributed by atoms with Crippen molar-refractivity contribution < 1.29 is 14.0 Å². The number of hydrogen-bond donors (Lipinski definition) is 1. The highest BCUT2D eigenvalue weighted by molar-refractivity contribution is 6.00. The standard InChI is InChI=1S/C24H22FN5O2/c1-28-14-18(17-7-3-5-9-21(17)28)20-12-23-29(24(32)10-11-30(23)27-20)15-22(31)26-13-16-6-2-4-8-19(16)25/h2-9,12,14H,10-11,13,15H2,1H3,(H,26,31). The maximum atomic E-state index is 13.8. The van der Waals surface area contributed by atoms with E-state index in [1.165, 1.54) is 11.0 Å². The highest BCUT2D eigenvalue weighted by atomic mass is 19.1. The molecule has 0 unspecified atom stereocenters. The van der Waals surface area contributed by atoms with Crippen molar-refractivity contribution in [1.29, 1.82) is 0 Å². The zero-order valence-corrected chi connectivity index (χ0v) is 17.6. The zero-order chi connectivity index (χ0) is 22.2. The van der Waals surface area contributed by atoms with Crippen LogP contribution in [0.15, 0.2) is 60.8 Å². The van der Waals surface area contributed by atoms with E-state index < -0.39 is 0 Å². The lowest BCUT2D eigenvalue weighted by Crippen LogP contribution is -2.44. The summed E-state index contributed by atoms with van der Waals surface area (Å²) in [4.78, 5) is 26.6. The number of rotatable bonds is 5. The molecule has 0 saturated carbocycles. The molecule has 2 aromatic heterocycles. The van der Waals surface area contributed by atoms with Crippen LogP contribution >= 0.6 is 0 Å². The van der Waals surface area contributed by atoms with E-state index in [0.29, 0.717) is 17.9 Å². The van der Waals surface area contributed by atoms with Gasteiger partial charge >= 0.3 is 0 Å². The van der Waals surface area contributed by atoms with Crippen molar-refractivity contribution in [3.8, 4) is 11.3 Å². The SMILES string of the molecule is Cn1cc(-c2cc3n(n2)CCC(=O)N3CC(=O)NCc2ccccc2F)c2ccccc21. The molecule has 0 aliphatic carbocycles. The number of hydrogen-bond acceptors (Lipinski definition) is 3. The van der Waals surface area contributed by atoms with Gasteiger partial charge in [-0.1, -0.05) is 36.4 Å². The number of amides is 2. The van der Waals surface area contributed by atoms with Crippen molar-refractivity contribution in [2.24, 2.45) is 7.05 Å².